The number of hydrogen-bond acceptors (Lipinski definition) is 2. The molecule has 2 N–H and O–H groups in total. The summed E-state index contributed by atoms with van der Waals surface area (Å²) in [5.74, 6) is -2.36. The van der Waals surface area contributed by atoms with Crippen LogP contribution in [0.4, 0.5) is 5.69 Å². The zero-order valence-electron chi connectivity index (χ0n) is 11.3. The third kappa shape index (κ3) is 3.85. The van der Waals surface area contributed by atoms with Gasteiger partial charge < -0.3 is 10.4 Å². The Balaban J connectivity index is 2.58. The fraction of sp³-hybridized carbons (Fsp3) is 0. The molecule has 24 heavy (non-hydrogen) atoms. The smallest absolute Gasteiger partial charge is 0.338 e. The van der Waals surface area contributed by atoms with E-state index in [1.807, 2.05) is 0 Å². The molecule has 2 aromatic carbocycles. The van der Waals surface area contributed by atoms with Gasteiger partial charge in [-0.05, 0) is 18.2 Å². The van der Waals surface area contributed by atoms with Crippen LogP contribution in [0.1, 0.15) is 20.7 Å². The van der Waals surface area contributed by atoms with Crippen molar-refractivity contribution < 1.29 is 14.7 Å². The van der Waals surface area contributed by atoms with Gasteiger partial charge in [-0.3, -0.25) is 4.79 Å². The molecule has 0 bridgehead atoms. The van der Waals surface area contributed by atoms with E-state index < -0.39 is 28.0 Å². The van der Waals surface area contributed by atoms with Gasteiger partial charge in [0.05, 0.1) is 31.2 Å². The molecule has 2 rings (SSSR count). The van der Waals surface area contributed by atoms with E-state index in [2.05, 4.69) is 5.32 Å². The van der Waals surface area contributed by atoms with E-state index in [-0.39, 0.29) is 30.8 Å². The van der Waals surface area contributed by atoms with Crippen LogP contribution in [0.3, 0.4) is 0 Å². The van der Waals surface area contributed by atoms with Crippen LogP contribution >= 0.6 is 69.6 Å². The lowest BCUT2D eigenvalue weighted by Crippen LogP contribution is -2.18. The highest BCUT2D eigenvalue weighted by Crippen LogP contribution is 2.41. The average Bonchev–Trinajstić information content (AvgIpc) is 2.46. The Hall–Kier alpha value is -0.880. The van der Waals surface area contributed by atoms with Gasteiger partial charge in [0, 0.05) is 15.7 Å². The number of carboxylic acids is 1. The summed E-state index contributed by atoms with van der Waals surface area (Å²) in [6.45, 7) is 0. The van der Waals surface area contributed by atoms with Crippen molar-refractivity contribution in [2.75, 3.05) is 5.32 Å². The highest BCUT2D eigenvalue weighted by atomic mass is 35.5. The first-order valence-electron chi connectivity index (χ1n) is 6.00. The second kappa shape index (κ2) is 7.56. The van der Waals surface area contributed by atoms with Crippen molar-refractivity contribution in [3.05, 3.63) is 59.5 Å². The molecule has 0 spiro atoms. The number of carbonyl (C=O) groups excluding carboxylic acids is 1. The Morgan fingerprint density at radius 1 is 0.750 bits per heavy atom. The van der Waals surface area contributed by atoms with Gasteiger partial charge in [0.1, 0.15) is 0 Å². The predicted octanol–water partition coefficient (Wildman–Crippen LogP) is 6.56. The van der Waals surface area contributed by atoms with Gasteiger partial charge >= 0.3 is 5.97 Å². The van der Waals surface area contributed by atoms with Crippen LogP contribution in [0.15, 0.2) is 18.2 Å². The lowest BCUT2D eigenvalue weighted by molar-refractivity contribution is 0.0692. The van der Waals surface area contributed by atoms with Crippen molar-refractivity contribution in [2.45, 2.75) is 0 Å². The van der Waals surface area contributed by atoms with Gasteiger partial charge in [0.25, 0.3) is 5.91 Å². The Morgan fingerprint density at radius 2 is 1.21 bits per heavy atom. The molecule has 2 aromatic rings. The second-order valence-electron chi connectivity index (χ2n) is 4.42. The number of carboxylic acid groups (broad SMARTS) is 1. The Bertz CT molecular complexity index is 848. The van der Waals surface area contributed by atoms with Crippen LogP contribution in [-0.2, 0) is 0 Å². The molecule has 0 heterocycles. The minimum Gasteiger partial charge on any atom is -0.478 e. The fourth-order valence-corrected chi connectivity index (χ4v) is 3.41. The molecule has 0 radical (unpaired) electrons. The van der Waals surface area contributed by atoms with E-state index in [9.17, 15) is 14.7 Å². The van der Waals surface area contributed by atoms with E-state index in [0.29, 0.717) is 0 Å². The van der Waals surface area contributed by atoms with Gasteiger partial charge in [0.15, 0.2) is 0 Å². The molecule has 0 fully saturated rings. The Kier molecular flexibility index (Phi) is 6.13. The molecule has 1 amide bonds. The monoisotopic (exact) mass is 445 g/mol. The van der Waals surface area contributed by atoms with E-state index in [4.69, 9.17) is 69.6 Å². The Morgan fingerprint density at radius 3 is 1.67 bits per heavy atom. The van der Waals surface area contributed by atoms with Crippen LogP contribution in [-0.4, -0.2) is 17.0 Å². The van der Waals surface area contributed by atoms with Gasteiger partial charge in [-0.2, -0.15) is 0 Å². The first-order valence-corrected chi connectivity index (χ1v) is 8.27. The maximum atomic E-state index is 12.5. The SMILES string of the molecule is O=C(O)c1c(Cl)c(Cl)c(Cl)c(Cl)c1C(=O)Nc1cc(Cl)cc(Cl)c1. The number of benzene rings is 2. The molecule has 0 unspecified atom stereocenters. The zero-order chi connectivity index (χ0) is 18.2. The minimum absolute atomic E-state index is 0.229. The largest absolute Gasteiger partial charge is 0.478 e. The average molecular weight is 448 g/mol. The molecule has 4 nitrogen and oxygen atoms in total. The fourth-order valence-electron chi connectivity index (χ4n) is 1.87. The number of aromatic carboxylic acids is 1. The molecule has 0 atom stereocenters. The van der Waals surface area contributed by atoms with Crippen molar-refractivity contribution in [1.29, 1.82) is 0 Å². The molecule has 126 valence electrons. The summed E-state index contributed by atoms with van der Waals surface area (Å²) < 4.78 is 0. The number of amides is 1. The number of halogens is 6. The van der Waals surface area contributed by atoms with E-state index in [1.54, 1.807) is 0 Å². The number of nitrogens with one attached hydrogen (secondary N) is 1. The summed E-state index contributed by atoms with van der Waals surface area (Å²) in [5.41, 5.74) is -0.770. The van der Waals surface area contributed by atoms with Gasteiger partial charge in [-0.15, -0.1) is 0 Å². The summed E-state index contributed by atoms with van der Waals surface area (Å²) in [5, 5.41) is 11.1. The quantitative estimate of drug-likeness (QED) is 0.413. The van der Waals surface area contributed by atoms with Crippen LogP contribution in [0.25, 0.3) is 0 Å². The highest BCUT2D eigenvalue weighted by Gasteiger charge is 2.28. The van der Waals surface area contributed by atoms with Crippen molar-refractivity contribution in [3.63, 3.8) is 0 Å². The normalized spacial score (nSPS) is 10.6. The minimum atomic E-state index is -1.49. The number of hydrogen-bond donors (Lipinski definition) is 2. The molecule has 0 aliphatic carbocycles. The summed E-state index contributed by atoms with van der Waals surface area (Å²) >= 11 is 35.3. The van der Waals surface area contributed by atoms with E-state index in [0.717, 1.165) is 0 Å². The summed E-state index contributed by atoms with van der Waals surface area (Å²) in [6.07, 6.45) is 0. The van der Waals surface area contributed by atoms with Crippen molar-refractivity contribution in [1.82, 2.24) is 0 Å². The molecule has 10 heteroatoms. The molecular weight excluding hydrogens is 443 g/mol. The number of rotatable bonds is 3. The first-order chi connectivity index (χ1) is 11.1. The molecule has 0 saturated heterocycles. The third-order valence-corrected chi connectivity index (χ3v) is 5.07. The van der Waals surface area contributed by atoms with Crippen LogP contribution in [0.2, 0.25) is 30.1 Å². The van der Waals surface area contributed by atoms with Crippen molar-refractivity contribution in [3.8, 4) is 0 Å². The van der Waals surface area contributed by atoms with Crippen LogP contribution < -0.4 is 5.32 Å². The standard InChI is InChI=1S/C14H5Cl6NO3/c15-4-1-5(16)3-6(2-4)21-13(22)7-8(14(23)24)10(18)12(20)11(19)9(7)17/h1-3H,(H,21,22)(H,23,24). The second-order valence-corrected chi connectivity index (χ2v) is 6.81. The molecular formula is C14H5Cl6NO3. The van der Waals surface area contributed by atoms with Crippen molar-refractivity contribution >= 4 is 87.2 Å². The summed E-state index contributed by atoms with van der Waals surface area (Å²) in [4.78, 5) is 23.9. The van der Waals surface area contributed by atoms with Crippen LogP contribution in [0, 0.1) is 0 Å². The van der Waals surface area contributed by atoms with E-state index in [1.165, 1.54) is 18.2 Å². The molecule has 0 aliphatic heterocycles. The predicted molar refractivity (Wildman–Crippen MR) is 97.9 cm³/mol. The highest BCUT2D eigenvalue weighted by molar-refractivity contribution is 6.54. The lowest BCUT2D eigenvalue weighted by atomic mass is 10.1. The number of anilines is 1. The van der Waals surface area contributed by atoms with Gasteiger partial charge in [0.2, 0.25) is 0 Å². The third-order valence-electron chi connectivity index (χ3n) is 2.83. The van der Waals surface area contributed by atoms with Gasteiger partial charge in [-0.25, -0.2) is 4.79 Å². The maximum absolute atomic E-state index is 12.5. The Labute approximate surface area is 166 Å². The van der Waals surface area contributed by atoms with Crippen LogP contribution in [0.5, 0.6) is 0 Å². The topological polar surface area (TPSA) is 66.4 Å². The summed E-state index contributed by atoms with van der Waals surface area (Å²) in [7, 11) is 0. The zero-order valence-corrected chi connectivity index (χ0v) is 15.8. The lowest BCUT2D eigenvalue weighted by Gasteiger charge is -2.14. The molecule has 0 saturated carbocycles. The van der Waals surface area contributed by atoms with E-state index >= 15 is 0 Å². The van der Waals surface area contributed by atoms with Crippen molar-refractivity contribution in [2.24, 2.45) is 0 Å². The molecule has 0 aliphatic rings. The van der Waals surface area contributed by atoms with Gasteiger partial charge in [-0.1, -0.05) is 69.6 Å². The molecule has 0 aromatic heterocycles. The first kappa shape index (κ1) is 19.4. The maximum Gasteiger partial charge on any atom is 0.338 e. The number of carbonyl (C=O) groups is 2. The summed E-state index contributed by atoms with van der Waals surface area (Å²) in [6, 6.07) is 4.29.